The van der Waals surface area contributed by atoms with Crippen LogP contribution in [0.4, 0.5) is 11.5 Å². The molecule has 0 fully saturated rings. The van der Waals surface area contributed by atoms with E-state index in [1.807, 2.05) is 44.0 Å². The van der Waals surface area contributed by atoms with Gasteiger partial charge in [-0.05, 0) is 50.5 Å². The minimum absolute atomic E-state index is 0.0624. The maximum atomic E-state index is 12.5. The summed E-state index contributed by atoms with van der Waals surface area (Å²) in [5.74, 6) is 0.732. The van der Waals surface area contributed by atoms with E-state index in [9.17, 15) is 4.79 Å². The third-order valence-corrected chi connectivity index (χ3v) is 5.47. The van der Waals surface area contributed by atoms with Gasteiger partial charge in [0.25, 0.3) is 0 Å². The lowest BCUT2D eigenvalue weighted by molar-refractivity contribution is -0.114. The van der Waals surface area contributed by atoms with Gasteiger partial charge in [-0.2, -0.15) is 0 Å². The van der Waals surface area contributed by atoms with Crippen molar-refractivity contribution >= 4 is 39.0 Å². The molecule has 0 unspecified atom stereocenters. The van der Waals surface area contributed by atoms with Gasteiger partial charge in [0, 0.05) is 17.6 Å². The van der Waals surface area contributed by atoms with E-state index >= 15 is 0 Å². The lowest BCUT2D eigenvalue weighted by atomic mass is 10.1. The molecular weight excluding hydrogens is 332 g/mol. The maximum absolute atomic E-state index is 12.5. The zero-order chi connectivity index (χ0) is 18.1. The van der Waals surface area contributed by atoms with Gasteiger partial charge < -0.3 is 10.2 Å². The molecule has 25 heavy (non-hydrogen) atoms. The summed E-state index contributed by atoms with van der Waals surface area (Å²) in [6, 6.07) is 6.04. The summed E-state index contributed by atoms with van der Waals surface area (Å²) in [4.78, 5) is 25.3. The van der Waals surface area contributed by atoms with Crippen molar-refractivity contribution in [2.24, 2.45) is 0 Å². The molecule has 2 heterocycles. The molecule has 130 valence electrons. The molecule has 0 aliphatic heterocycles. The standard InChI is InChI=1S/C19H22N4OS/c1-11-6-7-12(2)15(8-11)22-16(24)9-23(5)18-17-13(3)14(4)25-19(17)21-10-20-18/h6-8,10H,9H2,1-5H3,(H,22,24). The molecule has 0 aliphatic rings. The molecule has 0 saturated carbocycles. The molecule has 0 saturated heterocycles. The first-order valence-electron chi connectivity index (χ1n) is 8.15. The summed E-state index contributed by atoms with van der Waals surface area (Å²) in [6.45, 7) is 8.39. The van der Waals surface area contributed by atoms with Crippen LogP contribution < -0.4 is 10.2 Å². The van der Waals surface area contributed by atoms with E-state index in [1.165, 1.54) is 10.4 Å². The number of fused-ring (bicyclic) bond motifs is 1. The SMILES string of the molecule is Cc1ccc(C)c(NC(=O)CN(C)c2ncnc3sc(C)c(C)c23)c1. The highest BCUT2D eigenvalue weighted by molar-refractivity contribution is 7.18. The second-order valence-corrected chi connectivity index (χ2v) is 7.59. The van der Waals surface area contributed by atoms with Crippen molar-refractivity contribution in [3.8, 4) is 0 Å². The Kier molecular flexibility index (Phi) is 4.72. The Labute approximate surface area is 151 Å². The first-order valence-corrected chi connectivity index (χ1v) is 8.97. The smallest absolute Gasteiger partial charge is 0.243 e. The number of hydrogen-bond acceptors (Lipinski definition) is 5. The minimum atomic E-state index is -0.0624. The molecular formula is C19H22N4OS. The van der Waals surface area contributed by atoms with Crippen molar-refractivity contribution < 1.29 is 4.79 Å². The highest BCUT2D eigenvalue weighted by Crippen LogP contribution is 2.33. The number of rotatable bonds is 4. The average molecular weight is 354 g/mol. The van der Waals surface area contributed by atoms with Crippen LogP contribution in [0, 0.1) is 27.7 Å². The predicted molar refractivity (Wildman–Crippen MR) is 105 cm³/mol. The van der Waals surface area contributed by atoms with Crippen LogP contribution in [0.5, 0.6) is 0 Å². The van der Waals surface area contributed by atoms with Gasteiger partial charge in [0.15, 0.2) is 0 Å². The molecule has 5 nitrogen and oxygen atoms in total. The van der Waals surface area contributed by atoms with Gasteiger partial charge in [0.05, 0.1) is 11.9 Å². The Balaban J connectivity index is 1.81. The van der Waals surface area contributed by atoms with Crippen LogP contribution in [0.15, 0.2) is 24.5 Å². The zero-order valence-electron chi connectivity index (χ0n) is 15.2. The Bertz CT molecular complexity index is 948. The Morgan fingerprint density at radius 1 is 1.20 bits per heavy atom. The van der Waals surface area contributed by atoms with E-state index in [2.05, 4.69) is 29.1 Å². The third kappa shape index (κ3) is 3.49. The highest BCUT2D eigenvalue weighted by Gasteiger charge is 2.17. The Hall–Kier alpha value is -2.47. The Morgan fingerprint density at radius 3 is 2.72 bits per heavy atom. The number of amides is 1. The van der Waals surface area contributed by atoms with E-state index < -0.39 is 0 Å². The number of benzene rings is 1. The normalized spacial score (nSPS) is 10.9. The zero-order valence-corrected chi connectivity index (χ0v) is 16.0. The van der Waals surface area contributed by atoms with Crippen molar-refractivity contribution in [2.75, 3.05) is 23.8 Å². The number of nitrogens with zero attached hydrogens (tertiary/aromatic N) is 3. The minimum Gasteiger partial charge on any atom is -0.350 e. The lowest BCUT2D eigenvalue weighted by Crippen LogP contribution is -2.31. The molecule has 0 bridgehead atoms. The van der Waals surface area contributed by atoms with Crippen LogP contribution in [-0.2, 0) is 4.79 Å². The van der Waals surface area contributed by atoms with Crippen molar-refractivity contribution in [3.05, 3.63) is 46.1 Å². The molecule has 0 aliphatic carbocycles. The number of likely N-dealkylation sites (N-methyl/N-ethyl adjacent to an activating group) is 1. The number of carbonyl (C=O) groups excluding carboxylic acids is 1. The molecule has 0 spiro atoms. The molecule has 6 heteroatoms. The molecule has 0 radical (unpaired) electrons. The summed E-state index contributed by atoms with van der Waals surface area (Å²) in [5, 5.41) is 4.03. The average Bonchev–Trinajstić information content (AvgIpc) is 2.85. The van der Waals surface area contributed by atoms with Gasteiger partial charge in [-0.1, -0.05) is 12.1 Å². The largest absolute Gasteiger partial charge is 0.350 e. The molecule has 3 rings (SSSR count). The second-order valence-electron chi connectivity index (χ2n) is 6.38. The fourth-order valence-electron chi connectivity index (χ4n) is 2.80. The quantitative estimate of drug-likeness (QED) is 0.769. The van der Waals surface area contributed by atoms with Gasteiger partial charge in [-0.15, -0.1) is 11.3 Å². The van der Waals surface area contributed by atoms with Crippen molar-refractivity contribution in [1.29, 1.82) is 0 Å². The first kappa shape index (κ1) is 17.4. The van der Waals surface area contributed by atoms with Crippen molar-refractivity contribution in [2.45, 2.75) is 27.7 Å². The molecule has 1 N–H and O–H groups in total. The van der Waals surface area contributed by atoms with Crippen LogP contribution in [0.25, 0.3) is 10.2 Å². The van der Waals surface area contributed by atoms with Crippen molar-refractivity contribution in [3.63, 3.8) is 0 Å². The number of hydrogen-bond donors (Lipinski definition) is 1. The van der Waals surface area contributed by atoms with Gasteiger partial charge >= 0.3 is 0 Å². The highest BCUT2D eigenvalue weighted by atomic mass is 32.1. The number of aromatic nitrogens is 2. The first-order chi connectivity index (χ1) is 11.9. The number of nitrogens with one attached hydrogen (secondary N) is 1. The molecule has 0 atom stereocenters. The fourth-order valence-corrected chi connectivity index (χ4v) is 3.80. The van der Waals surface area contributed by atoms with E-state index in [1.54, 1.807) is 17.7 Å². The number of carbonyl (C=O) groups is 1. The van der Waals surface area contributed by atoms with Crippen LogP contribution in [0.2, 0.25) is 0 Å². The number of thiophene rings is 1. The van der Waals surface area contributed by atoms with Gasteiger partial charge in [-0.25, -0.2) is 9.97 Å². The molecule has 3 aromatic rings. The monoisotopic (exact) mass is 354 g/mol. The van der Waals surface area contributed by atoms with E-state index in [4.69, 9.17) is 0 Å². The van der Waals surface area contributed by atoms with Gasteiger partial charge in [-0.3, -0.25) is 4.79 Å². The van der Waals surface area contributed by atoms with Crippen LogP contribution >= 0.6 is 11.3 Å². The van der Waals surface area contributed by atoms with Gasteiger partial charge in [0.2, 0.25) is 5.91 Å². The van der Waals surface area contributed by atoms with Crippen molar-refractivity contribution in [1.82, 2.24) is 9.97 Å². The summed E-state index contributed by atoms with van der Waals surface area (Å²) in [6.07, 6.45) is 1.56. The van der Waals surface area contributed by atoms with E-state index in [0.29, 0.717) is 0 Å². The molecule has 1 amide bonds. The molecule has 1 aromatic carbocycles. The number of aryl methyl sites for hydroxylation is 4. The summed E-state index contributed by atoms with van der Waals surface area (Å²) < 4.78 is 0. The predicted octanol–water partition coefficient (Wildman–Crippen LogP) is 4.00. The topological polar surface area (TPSA) is 58.1 Å². The second kappa shape index (κ2) is 6.80. The lowest BCUT2D eigenvalue weighted by Gasteiger charge is -2.19. The Morgan fingerprint density at radius 2 is 1.96 bits per heavy atom. The van der Waals surface area contributed by atoms with Crippen LogP contribution in [0.1, 0.15) is 21.6 Å². The maximum Gasteiger partial charge on any atom is 0.243 e. The van der Waals surface area contributed by atoms with Crippen LogP contribution in [0.3, 0.4) is 0 Å². The van der Waals surface area contributed by atoms with Crippen LogP contribution in [-0.4, -0.2) is 29.5 Å². The third-order valence-electron chi connectivity index (χ3n) is 4.35. The van der Waals surface area contributed by atoms with E-state index in [-0.39, 0.29) is 12.5 Å². The summed E-state index contributed by atoms with van der Waals surface area (Å²) >= 11 is 1.66. The van der Waals surface area contributed by atoms with E-state index in [0.717, 1.165) is 32.8 Å². The van der Waals surface area contributed by atoms with Gasteiger partial charge in [0.1, 0.15) is 17.0 Å². The summed E-state index contributed by atoms with van der Waals surface area (Å²) in [7, 11) is 1.89. The fraction of sp³-hybridized carbons (Fsp3) is 0.316. The summed E-state index contributed by atoms with van der Waals surface area (Å²) in [5.41, 5.74) is 4.21. The number of anilines is 2. The molecule has 2 aromatic heterocycles.